The third-order valence-corrected chi connectivity index (χ3v) is 3.80. The summed E-state index contributed by atoms with van der Waals surface area (Å²) in [6.07, 6.45) is 1.79. The molecule has 0 saturated carbocycles. The normalized spacial score (nSPS) is 19.7. The summed E-state index contributed by atoms with van der Waals surface area (Å²) in [5, 5.41) is 17.6. The van der Waals surface area contributed by atoms with Crippen molar-refractivity contribution in [2.45, 2.75) is 19.3 Å². The summed E-state index contributed by atoms with van der Waals surface area (Å²) in [6, 6.07) is 0. The van der Waals surface area contributed by atoms with Crippen molar-refractivity contribution in [1.29, 1.82) is 0 Å². The van der Waals surface area contributed by atoms with E-state index in [2.05, 4.69) is 9.80 Å². The van der Waals surface area contributed by atoms with Gasteiger partial charge in [-0.05, 0) is 26.4 Å². The lowest BCUT2D eigenvalue weighted by molar-refractivity contribution is -0.138. The Bertz CT molecular complexity index is 338. The minimum Gasteiger partial charge on any atom is -0.481 e. The predicted molar refractivity (Wildman–Crippen MR) is 79.5 cm³/mol. The predicted octanol–water partition coefficient (Wildman–Crippen LogP) is -0.125. The van der Waals surface area contributed by atoms with Gasteiger partial charge >= 0.3 is 11.9 Å². The van der Waals surface area contributed by atoms with Gasteiger partial charge in [-0.15, -0.1) is 0 Å². The van der Waals surface area contributed by atoms with E-state index in [0.717, 1.165) is 52.2 Å². The Balaban J connectivity index is 2.40. The zero-order valence-corrected chi connectivity index (χ0v) is 12.8. The molecule has 0 aromatic heterocycles. The molecule has 0 unspecified atom stereocenters. The van der Waals surface area contributed by atoms with Crippen molar-refractivity contribution in [1.82, 2.24) is 14.7 Å². The Morgan fingerprint density at radius 1 is 0.857 bits per heavy atom. The fraction of sp³-hybridized carbons (Fsp3) is 0.857. The van der Waals surface area contributed by atoms with Gasteiger partial charge in [-0.3, -0.25) is 14.5 Å². The highest BCUT2D eigenvalue weighted by molar-refractivity contribution is 5.69. The average molecular weight is 301 g/mol. The van der Waals surface area contributed by atoms with Crippen molar-refractivity contribution in [3.8, 4) is 0 Å². The van der Waals surface area contributed by atoms with E-state index in [1.54, 1.807) is 0 Å². The molecule has 7 nitrogen and oxygen atoms in total. The van der Waals surface area contributed by atoms with Gasteiger partial charge in [-0.1, -0.05) is 0 Å². The van der Waals surface area contributed by atoms with Gasteiger partial charge in [-0.2, -0.15) is 0 Å². The molecule has 0 radical (unpaired) electrons. The van der Waals surface area contributed by atoms with Crippen LogP contribution in [0.15, 0.2) is 0 Å². The monoisotopic (exact) mass is 301 g/mol. The minimum atomic E-state index is -0.787. The van der Waals surface area contributed by atoms with Crippen LogP contribution < -0.4 is 0 Å². The second-order valence-electron chi connectivity index (χ2n) is 5.67. The number of carboxylic acids is 2. The molecule has 1 fully saturated rings. The summed E-state index contributed by atoms with van der Waals surface area (Å²) in [5.41, 5.74) is 0. The molecule has 122 valence electrons. The van der Waals surface area contributed by atoms with Gasteiger partial charge in [0, 0.05) is 45.7 Å². The SMILES string of the molecule is CN1CCN(CCCCC(=O)O)CCN(CC(=O)O)CC1. The molecule has 0 atom stereocenters. The van der Waals surface area contributed by atoms with Crippen molar-refractivity contribution in [3.63, 3.8) is 0 Å². The van der Waals surface area contributed by atoms with Crippen molar-refractivity contribution in [2.75, 3.05) is 59.4 Å². The van der Waals surface area contributed by atoms with Crippen molar-refractivity contribution in [2.24, 2.45) is 0 Å². The second kappa shape index (κ2) is 9.70. The summed E-state index contributed by atoms with van der Waals surface area (Å²) in [6.45, 7) is 6.11. The van der Waals surface area contributed by atoms with Crippen LogP contribution in [0.25, 0.3) is 0 Å². The Kier molecular flexibility index (Phi) is 8.26. The average Bonchev–Trinajstić information content (AvgIpc) is 2.48. The lowest BCUT2D eigenvalue weighted by Gasteiger charge is -2.24. The number of carboxylic acid groups (broad SMARTS) is 2. The van der Waals surface area contributed by atoms with Crippen molar-refractivity contribution >= 4 is 11.9 Å². The maximum Gasteiger partial charge on any atom is 0.317 e. The molecule has 1 aliphatic heterocycles. The van der Waals surface area contributed by atoms with Crippen molar-refractivity contribution in [3.05, 3.63) is 0 Å². The minimum absolute atomic E-state index is 0.0840. The first-order valence-corrected chi connectivity index (χ1v) is 7.54. The number of rotatable bonds is 7. The molecule has 1 rings (SSSR count). The maximum absolute atomic E-state index is 10.9. The molecule has 0 bridgehead atoms. The lowest BCUT2D eigenvalue weighted by atomic mass is 10.2. The molecule has 0 amide bonds. The summed E-state index contributed by atoms with van der Waals surface area (Å²) in [5.74, 6) is -1.53. The van der Waals surface area contributed by atoms with E-state index in [-0.39, 0.29) is 13.0 Å². The van der Waals surface area contributed by atoms with Gasteiger partial charge < -0.3 is 20.0 Å². The van der Waals surface area contributed by atoms with Crippen LogP contribution in [0.1, 0.15) is 19.3 Å². The first-order chi connectivity index (χ1) is 9.97. The highest BCUT2D eigenvalue weighted by Gasteiger charge is 2.16. The summed E-state index contributed by atoms with van der Waals surface area (Å²) < 4.78 is 0. The molecule has 7 heteroatoms. The molecule has 1 saturated heterocycles. The first kappa shape index (κ1) is 17.9. The van der Waals surface area contributed by atoms with Gasteiger partial charge in [0.05, 0.1) is 6.54 Å². The standard InChI is InChI=1S/C14H27N3O4/c1-15-6-8-16(5-3-2-4-13(18)19)10-11-17(9-7-15)12-14(20)21/h2-12H2,1H3,(H,18,19)(H,20,21). The van der Waals surface area contributed by atoms with Crippen LogP contribution in [0.4, 0.5) is 0 Å². The van der Waals surface area contributed by atoms with Crippen LogP contribution in [0.5, 0.6) is 0 Å². The van der Waals surface area contributed by atoms with Crippen LogP contribution in [0, 0.1) is 0 Å². The molecular formula is C14H27N3O4. The van der Waals surface area contributed by atoms with E-state index in [0.29, 0.717) is 6.42 Å². The summed E-state index contributed by atoms with van der Waals surface area (Å²) in [7, 11) is 2.05. The lowest BCUT2D eigenvalue weighted by Crippen LogP contribution is -2.39. The van der Waals surface area contributed by atoms with Crippen LogP contribution in [0.3, 0.4) is 0 Å². The van der Waals surface area contributed by atoms with Crippen LogP contribution in [-0.2, 0) is 9.59 Å². The number of hydrogen-bond acceptors (Lipinski definition) is 5. The van der Waals surface area contributed by atoms with E-state index in [9.17, 15) is 9.59 Å². The third-order valence-electron chi connectivity index (χ3n) is 3.80. The highest BCUT2D eigenvalue weighted by Crippen LogP contribution is 2.03. The fourth-order valence-corrected chi connectivity index (χ4v) is 2.43. The number of aliphatic carboxylic acids is 2. The molecule has 21 heavy (non-hydrogen) atoms. The third kappa shape index (κ3) is 8.64. The molecule has 1 heterocycles. The fourth-order valence-electron chi connectivity index (χ4n) is 2.43. The van der Waals surface area contributed by atoms with Crippen molar-refractivity contribution < 1.29 is 19.8 Å². The van der Waals surface area contributed by atoms with Gasteiger partial charge in [0.2, 0.25) is 0 Å². The molecule has 1 aliphatic rings. The Hall–Kier alpha value is -1.18. The molecule has 0 aromatic rings. The van der Waals surface area contributed by atoms with Gasteiger partial charge in [0.25, 0.3) is 0 Å². The first-order valence-electron chi connectivity index (χ1n) is 7.54. The van der Waals surface area contributed by atoms with Crippen LogP contribution >= 0.6 is 0 Å². The molecule has 2 N–H and O–H groups in total. The summed E-state index contributed by atoms with van der Waals surface area (Å²) in [4.78, 5) is 27.9. The number of carbonyl (C=O) groups is 2. The van der Waals surface area contributed by atoms with Gasteiger partial charge in [0.1, 0.15) is 0 Å². The van der Waals surface area contributed by atoms with E-state index in [1.165, 1.54) is 0 Å². The molecule has 0 aliphatic carbocycles. The molecular weight excluding hydrogens is 274 g/mol. The van der Waals surface area contributed by atoms with E-state index >= 15 is 0 Å². The molecule has 0 spiro atoms. The Morgan fingerprint density at radius 2 is 1.43 bits per heavy atom. The maximum atomic E-state index is 10.9. The zero-order chi connectivity index (χ0) is 15.7. The quantitative estimate of drug-likeness (QED) is 0.634. The number of unbranched alkanes of at least 4 members (excludes halogenated alkanes) is 1. The second-order valence-corrected chi connectivity index (χ2v) is 5.67. The highest BCUT2D eigenvalue weighted by atomic mass is 16.4. The van der Waals surface area contributed by atoms with E-state index in [4.69, 9.17) is 10.2 Å². The number of nitrogens with zero attached hydrogens (tertiary/aromatic N) is 3. The largest absolute Gasteiger partial charge is 0.481 e. The molecule has 0 aromatic carbocycles. The van der Waals surface area contributed by atoms with Crippen LogP contribution in [0.2, 0.25) is 0 Å². The smallest absolute Gasteiger partial charge is 0.317 e. The van der Waals surface area contributed by atoms with Gasteiger partial charge in [0.15, 0.2) is 0 Å². The number of likely N-dealkylation sites (N-methyl/N-ethyl adjacent to an activating group) is 1. The topological polar surface area (TPSA) is 84.3 Å². The Morgan fingerprint density at radius 3 is 2.05 bits per heavy atom. The summed E-state index contributed by atoms with van der Waals surface area (Å²) >= 11 is 0. The van der Waals surface area contributed by atoms with E-state index < -0.39 is 11.9 Å². The Labute approximate surface area is 126 Å². The number of hydrogen-bond donors (Lipinski definition) is 2. The zero-order valence-electron chi connectivity index (χ0n) is 12.8. The van der Waals surface area contributed by atoms with Gasteiger partial charge in [-0.25, -0.2) is 0 Å². The van der Waals surface area contributed by atoms with E-state index in [1.807, 2.05) is 11.9 Å². The van der Waals surface area contributed by atoms with Crippen LogP contribution in [-0.4, -0.2) is 96.3 Å².